The van der Waals surface area contributed by atoms with Crippen LogP contribution in [0.25, 0.3) is 0 Å². The van der Waals surface area contributed by atoms with Crippen molar-refractivity contribution in [3.8, 4) is 0 Å². The van der Waals surface area contributed by atoms with Crippen molar-refractivity contribution in [1.29, 1.82) is 0 Å². The van der Waals surface area contributed by atoms with E-state index in [1.54, 1.807) is 0 Å². The van der Waals surface area contributed by atoms with Crippen molar-refractivity contribution >= 4 is 22.8 Å². The average molecular weight is 537 g/mol. The van der Waals surface area contributed by atoms with Crippen molar-refractivity contribution in [2.45, 2.75) is 107 Å². The van der Waals surface area contributed by atoms with Gasteiger partial charge in [-0.25, -0.2) is 0 Å². The molecule has 212 valence electrons. The van der Waals surface area contributed by atoms with Gasteiger partial charge in [0, 0.05) is 17.9 Å². The molecule has 0 radical (unpaired) electrons. The lowest BCUT2D eigenvalue weighted by atomic mass is 9.94. The van der Waals surface area contributed by atoms with Crippen molar-refractivity contribution in [3.05, 3.63) is 23.3 Å². The number of hydrogen-bond donors (Lipinski definition) is 1. The molecule has 4 saturated carbocycles. The van der Waals surface area contributed by atoms with E-state index in [0.29, 0.717) is 19.1 Å². The third kappa shape index (κ3) is 11.2. The topological polar surface area (TPSA) is 63.6 Å². The number of aliphatic hydroxyl groups is 1. The van der Waals surface area contributed by atoms with E-state index in [4.69, 9.17) is 21.4 Å². The van der Waals surface area contributed by atoms with Gasteiger partial charge in [0.1, 0.15) is 0 Å². The van der Waals surface area contributed by atoms with E-state index >= 15 is 0 Å². The van der Waals surface area contributed by atoms with Crippen LogP contribution in [0.15, 0.2) is 23.3 Å². The first-order chi connectivity index (χ1) is 17.2. The number of allylic oxidation sites excluding steroid dienone is 4. The van der Waals surface area contributed by atoms with Crippen LogP contribution in [0.4, 0.5) is 0 Å². The number of hydrogen-bond acceptors (Lipinski definition) is 4. The van der Waals surface area contributed by atoms with Crippen LogP contribution in [0, 0.1) is 46.3 Å². The smallest absolute Gasteiger partial charge is 0.308 e. The quantitative estimate of drug-likeness (QED) is 0.164. The fourth-order valence-corrected chi connectivity index (χ4v) is 5.38. The first-order valence-corrected chi connectivity index (χ1v) is 14.8. The number of rotatable bonds is 11. The molecule has 0 aromatic rings. The van der Waals surface area contributed by atoms with Crippen LogP contribution < -0.4 is 0 Å². The van der Waals surface area contributed by atoms with Crippen molar-refractivity contribution < 1.29 is 19.4 Å². The van der Waals surface area contributed by atoms with E-state index in [9.17, 15) is 9.59 Å². The monoisotopic (exact) mass is 536 g/mol. The maximum atomic E-state index is 11.5. The highest BCUT2D eigenvalue weighted by Crippen LogP contribution is 2.57. The predicted molar refractivity (Wildman–Crippen MR) is 153 cm³/mol. The highest BCUT2D eigenvalue weighted by atomic mass is 35.5. The molecule has 4 nitrogen and oxygen atoms in total. The molecule has 37 heavy (non-hydrogen) atoms. The molecular weight excluding hydrogens is 484 g/mol. The van der Waals surface area contributed by atoms with E-state index < -0.39 is 0 Å². The summed E-state index contributed by atoms with van der Waals surface area (Å²) in [4.78, 5) is 21.5. The number of ether oxygens (including phenoxy) is 1. The third-order valence-corrected chi connectivity index (χ3v) is 9.04. The fourth-order valence-electron chi connectivity index (χ4n) is 5.17. The molecule has 4 aliphatic carbocycles. The van der Waals surface area contributed by atoms with Crippen molar-refractivity contribution in [2.24, 2.45) is 46.3 Å². The minimum Gasteiger partial charge on any atom is -0.465 e. The molecule has 0 amide bonds. The Balaban J connectivity index is 0.000000220. The molecule has 1 N–H and O–H groups in total. The van der Waals surface area contributed by atoms with Gasteiger partial charge in [-0.1, -0.05) is 51.0 Å². The Labute approximate surface area is 231 Å². The zero-order valence-corrected chi connectivity index (χ0v) is 25.5. The number of esters is 1. The van der Waals surface area contributed by atoms with Crippen LogP contribution in [0.2, 0.25) is 0 Å². The summed E-state index contributed by atoms with van der Waals surface area (Å²) < 4.78 is 5.44. The Morgan fingerprint density at radius 2 is 1.30 bits per heavy atom. The highest BCUT2D eigenvalue weighted by molar-refractivity contribution is 6.64. The minimum atomic E-state index is -0.157. The Morgan fingerprint density at radius 3 is 1.62 bits per heavy atom. The second-order valence-corrected chi connectivity index (χ2v) is 13.9. The Bertz CT molecular complexity index is 832. The standard InChI is InChI=1S/C16H26O2.C12H22O.C4H5ClO/c1-11(2)5-6-12(3)14-9-16(14,4)10-18-15(17)13-7-8-13;1-9(2)5-6-10(3)11-7-12(11,4)8-13;5-4(6)3-1-2-3/h5,12-14H,6-10H2,1-4H3;5,10-11,13H,6-8H2,1-4H3;3H,1-2H2/t12-,14+,16+;10-,11+,12+;/m00./s1. The SMILES string of the molecule is CC(C)=CC[C@H](C)[C@H]1C[C@]1(C)CO.CC(C)=CC[C@H](C)[C@H]1C[C@]1(C)COC(=O)C1CC1.O=C(Cl)C1CC1. The van der Waals surface area contributed by atoms with Crippen molar-refractivity contribution in [2.75, 3.05) is 13.2 Å². The van der Waals surface area contributed by atoms with E-state index in [1.807, 2.05) is 0 Å². The van der Waals surface area contributed by atoms with Crippen LogP contribution in [0.1, 0.15) is 107 Å². The summed E-state index contributed by atoms with van der Waals surface area (Å²) in [6.45, 7) is 18.6. The molecule has 4 rings (SSSR count). The van der Waals surface area contributed by atoms with Crippen LogP contribution in [0.5, 0.6) is 0 Å². The Hall–Kier alpha value is -1.13. The molecule has 0 aromatic heterocycles. The van der Waals surface area contributed by atoms with Gasteiger partial charge in [-0.05, 0) is 120 Å². The van der Waals surface area contributed by atoms with Crippen LogP contribution in [-0.4, -0.2) is 29.5 Å². The van der Waals surface area contributed by atoms with E-state index in [-0.39, 0.29) is 33.9 Å². The Kier molecular flexibility index (Phi) is 12.0. The maximum Gasteiger partial charge on any atom is 0.308 e. The summed E-state index contributed by atoms with van der Waals surface area (Å²) in [5.41, 5.74) is 3.29. The largest absolute Gasteiger partial charge is 0.465 e. The molecule has 4 fully saturated rings. The second-order valence-electron chi connectivity index (χ2n) is 13.5. The highest BCUT2D eigenvalue weighted by Gasteiger charge is 2.53. The van der Waals surface area contributed by atoms with E-state index in [2.05, 4.69) is 67.5 Å². The van der Waals surface area contributed by atoms with Gasteiger partial charge in [-0.3, -0.25) is 9.59 Å². The van der Waals surface area contributed by atoms with Gasteiger partial charge in [0.15, 0.2) is 0 Å². The van der Waals surface area contributed by atoms with Gasteiger partial charge in [-0.15, -0.1) is 0 Å². The summed E-state index contributed by atoms with van der Waals surface area (Å²) in [5.74, 6) is 3.39. The number of halogens is 1. The van der Waals surface area contributed by atoms with E-state index in [1.165, 1.54) is 30.4 Å². The number of carbonyl (C=O) groups is 2. The van der Waals surface area contributed by atoms with Crippen molar-refractivity contribution in [3.63, 3.8) is 0 Å². The third-order valence-electron chi connectivity index (χ3n) is 8.73. The summed E-state index contributed by atoms with van der Waals surface area (Å²) in [6, 6.07) is 0. The van der Waals surface area contributed by atoms with Gasteiger partial charge < -0.3 is 9.84 Å². The zero-order chi connectivity index (χ0) is 28.0. The number of carbonyl (C=O) groups excluding carboxylic acids is 2. The first-order valence-electron chi connectivity index (χ1n) is 14.5. The van der Waals surface area contributed by atoms with Gasteiger partial charge in [0.2, 0.25) is 5.24 Å². The lowest BCUT2D eigenvalue weighted by molar-refractivity contribution is -0.147. The molecule has 0 aliphatic heterocycles. The first kappa shape index (κ1) is 32.1. The molecule has 0 aromatic carbocycles. The molecule has 0 heterocycles. The molecule has 0 spiro atoms. The summed E-state index contributed by atoms with van der Waals surface area (Å²) in [5, 5.41) is 8.99. The molecule has 0 unspecified atom stereocenters. The van der Waals surface area contributed by atoms with Crippen LogP contribution in [-0.2, 0) is 14.3 Å². The molecule has 4 aliphatic rings. The minimum absolute atomic E-state index is 0.0406. The molecule has 0 saturated heterocycles. The average Bonchev–Trinajstić information content (AvgIpc) is 3.67. The van der Waals surface area contributed by atoms with Crippen molar-refractivity contribution in [1.82, 2.24) is 0 Å². The van der Waals surface area contributed by atoms with Gasteiger partial charge in [0.05, 0.1) is 12.5 Å². The molecular formula is C32H53ClO4. The second kappa shape index (κ2) is 13.8. The molecule has 5 heteroatoms. The normalized spacial score (nSPS) is 30.8. The maximum absolute atomic E-state index is 11.5. The summed E-state index contributed by atoms with van der Waals surface area (Å²) in [6.07, 6.45) is 13.5. The lowest BCUT2D eigenvalue weighted by Crippen LogP contribution is -2.17. The summed E-state index contributed by atoms with van der Waals surface area (Å²) in [7, 11) is 0. The fraction of sp³-hybridized carbons (Fsp3) is 0.812. The zero-order valence-electron chi connectivity index (χ0n) is 24.7. The Morgan fingerprint density at radius 1 is 0.865 bits per heavy atom. The predicted octanol–water partition coefficient (Wildman–Crippen LogP) is 8.12. The lowest BCUT2D eigenvalue weighted by Gasteiger charge is -2.15. The van der Waals surface area contributed by atoms with Gasteiger partial charge in [-0.2, -0.15) is 0 Å². The van der Waals surface area contributed by atoms with Gasteiger partial charge >= 0.3 is 5.97 Å². The van der Waals surface area contributed by atoms with Gasteiger partial charge in [0.25, 0.3) is 0 Å². The van der Waals surface area contributed by atoms with E-state index in [0.717, 1.165) is 49.9 Å². The summed E-state index contributed by atoms with van der Waals surface area (Å²) >= 11 is 5.04. The molecule has 6 atom stereocenters. The number of aliphatic hydroxyl groups excluding tert-OH is 1. The van der Waals surface area contributed by atoms with Crippen LogP contribution in [0.3, 0.4) is 0 Å². The van der Waals surface area contributed by atoms with Crippen LogP contribution >= 0.6 is 11.6 Å². The molecule has 0 bridgehead atoms.